The predicted octanol–water partition coefficient (Wildman–Crippen LogP) is 21.7. The zero-order valence-corrected chi connectivity index (χ0v) is 71.5. The first-order chi connectivity index (χ1) is 61.2. The molecule has 0 aliphatic carbocycles. The van der Waals surface area contributed by atoms with Crippen molar-refractivity contribution in [3.63, 3.8) is 0 Å². The van der Waals surface area contributed by atoms with E-state index in [1.807, 2.05) is 24.3 Å². The third kappa shape index (κ3) is 18.0. The SMILES string of the molecule is COc1cc(NC(=O)c2sc3ncnc4c3c2NC(=O)N4c2ccc(Oc3cccc(F)c3)c(Cl)c2)ccc1OCCN1CCCCC1.COc1ccc(C(=O)Nc2sc3ncnc4c3c2NC(=O)N4c2ccc(F)c(Cl)c2)cc1OC.O=C(Nc1ccc(CN2CCCCC2)cc1)c1sc2ncnc3c2c1NC(=O)N3c1ccc(Oc2cccc(F)c2)c(Cl)c1. The van der Waals surface area contributed by atoms with Crippen molar-refractivity contribution in [2.75, 3.05) is 107 Å². The zero-order valence-electron chi connectivity index (χ0n) is 66.8. The molecular formula is C88H71Cl3F3N17O12S3. The van der Waals surface area contributed by atoms with E-state index in [2.05, 4.69) is 71.6 Å². The molecule has 38 heteroatoms. The predicted molar refractivity (Wildman–Crippen MR) is 481 cm³/mol. The maximum absolute atomic E-state index is 13.7. The average molecular weight is 1820 g/mol. The topological polar surface area (TPSA) is 324 Å². The van der Waals surface area contributed by atoms with E-state index in [4.69, 9.17) is 63.2 Å². The number of nitrogens with zero attached hydrogens (tertiary/aromatic N) is 11. The number of likely N-dealkylation sites (tertiary alicyclic amines) is 2. The first-order valence-corrected chi connectivity index (χ1v) is 42.9. The lowest BCUT2D eigenvalue weighted by Gasteiger charge is -2.27. The molecule has 9 amide bonds. The molecule has 0 atom stereocenters. The molecule has 2 fully saturated rings. The maximum Gasteiger partial charge on any atom is 0.332 e. The number of nitrogens with one attached hydrogen (secondary N) is 6. The highest BCUT2D eigenvalue weighted by atomic mass is 35.5. The summed E-state index contributed by atoms with van der Waals surface area (Å²) in [5, 5.41) is 19.4. The van der Waals surface area contributed by atoms with Crippen molar-refractivity contribution in [2.45, 2.75) is 45.1 Å². The van der Waals surface area contributed by atoms with Crippen molar-refractivity contribution < 1.29 is 70.4 Å². The number of amides is 9. The Morgan fingerprint density at radius 3 is 1.40 bits per heavy atom. The summed E-state index contributed by atoms with van der Waals surface area (Å²) in [4.78, 5) is 117. The minimum atomic E-state index is -0.605. The largest absolute Gasteiger partial charge is 0.493 e. The van der Waals surface area contributed by atoms with Crippen molar-refractivity contribution in [3.05, 3.63) is 236 Å². The summed E-state index contributed by atoms with van der Waals surface area (Å²) in [7, 11) is 4.53. The fourth-order valence-electron chi connectivity index (χ4n) is 14.8. The summed E-state index contributed by atoms with van der Waals surface area (Å²) in [6.07, 6.45) is 11.5. The number of urea groups is 3. The fraction of sp³-hybridized carbons (Fsp3) is 0.182. The van der Waals surface area contributed by atoms with Crippen molar-refractivity contribution >= 4 is 203 Å². The van der Waals surface area contributed by atoms with Crippen molar-refractivity contribution in [2.24, 2.45) is 0 Å². The van der Waals surface area contributed by atoms with Gasteiger partial charge >= 0.3 is 18.1 Å². The molecule has 6 N–H and O–H groups in total. The van der Waals surface area contributed by atoms with Crippen LogP contribution in [0.3, 0.4) is 0 Å². The molecule has 0 saturated carbocycles. The number of aromatic nitrogens is 6. The van der Waals surface area contributed by atoms with E-state index in [1.54, 1.807) is 92.0 Å². The van der Waals surface area contributed by atoms with Crippen LogP contribution in [0.25, 0.3) is 30.6 Å². The second-order valence-corrected chi connectivity index (χ2v) is 33.1. The molecule has 29 nitrogen and oxygen atoms in total. The molecule has 0 unspecified atom stereocenters. The van der Waals surface area contributed by atoms with Gasteiger partial charge in [0.2, 0.25) is 0 Å². The summed E-state index contributed by atoms with van der Waals surface area (Å²) in [6.45, 7) is 6.68. The number of carbonyl (C=O) groups excluding carboxylic acids is 6. The highest BCUT2D eigenvalue weighted by Gasteiger charge is 2.38. The molecule has 14 aromatic rings. The molecule has 19 rings (SSSR count). The number of rotatable bonds is 22. The van der Waals surface area contributed by atoms with Gasteiger partial charge in [-0.05, 0) is 179 Å². The smallest absolute Gasteiger partial charge is 0.332 e. The number of hydrogen-bond acceptors (Lipinski definition) is 23. The van der Waals surface area contributed by atoms with Gasteiger partial charge in [-0.3, -0.25) is 24.2 Å². The average Bonchev–Trinajstić information content (AvgIpc) is 1.69. The van der Waals surface area contributed by atoms with Gasteiger partial charge in [-0.2, -0.15) is 0 Å². The number of piperidine rings is 2. The zero-order chi connectivity index (χ0) is 87.4. The molecule has 5 aliphatic rings. The summed E-state index contributed by atoms with van der Waals surface area (Å²) in [6, 6.07) is 41.1. The van der Waals surface area contributed by atoms with Crippen LogP contribution < -0.4 is 75.0 Å². The summed E-state index contributed by atoms with van der Waals surface area (Å²) in [5.41, 5.74) is 4.88. The molecule has 5 aliphatic heterocycles. The van der Waals surface area contributed by atoms with Crippen LogP contribution in [0.4, 0.5) is 95.5 Å². The van der Waals surface area contributed by atoms with Crippen molar-refractivity contribution in [1.82, 2.24) is 39.7 Å². The summed E-state index contributed by atoms with van der Waals surface area (Å²) >= 11 is 22.4. The summed E-state index contributed by atoms with van der Waals surface area (Å²) < 4.78 is 74.4. The third-order valence-electron chi connectivity index (χ3n) is 20.8. The number of thiophene rings is 3. The van der Waals surface area contributed by atoms with Crippen molar-refractivity contribution in [3.8, 4) is 46.0 Å². The Morgan fingerprint density at radius 2 is 0.889 bits per heavy atom. The van der Waals surface area contributed by atoms with Crippen molar-refractivity contribution in [1.29, 1.82) is 0 Å². The maximum atomic E-state index is 13.7. The molecule has 640 valence electrons. The van der Waals surface area contributed by atoms with E-state index in [-0.39, 0.29) is 54.7 Å². The van der Waals surface area contributed by atoms with Crippen LogP contribution in [0, 0.1) is 17.5 Å². The van der Waals surface area contributed by atoms with Crippen LogP contribution in [0.15, 0.2) is 183 Å². The normalized spacial score (nSPS) is 14.1. The second kappa shape index (κ2) is 37.1. The van der Waals surface area contributed by atoms with E-state index >= 15 is 0 Å². The lowest BCUT2D eigenvalue weighted by Crippen LogP contribution is -2.35. The number of carbonyl (C=O) groups is 6. The van der Waals surface area contributed by atoms with Crippen LogP contribution in [0.1, 0.15) is 73.8 Å². The minimum Gasteiger partial charge on any atom is -0.493 e. The highest BCUT2D eigenvalue weighted by molar-refractivity contribution is 7.23. The Labute approximate surface area is 742 Å². The number of methoxy groups -OCH3 is 3. The molecule has 6 aromatic heterocycles. The van der Waals surface area contributed by atoms with Crippen LogP contribution in [-0.4, -0.2) is 136 Å². The number of anilines is 12. The quantitative estimate of drug-likeness (QED) is 0.0367. The van der Waals surface area contributed by atoms with Gasteiger partial charge in [0.15, 0.2) is 40.5 Å². The van der Waals surface area contributed by atoms with Crippen LogP contribution in [0.2, 0.25) is 15.1 Å². The van der Waals surface area contributed by atoms with Crippen LogP contribution >= 0.6 is 68.8 Å². The number of benzene rings is 8. The second-order valence-electron chi connectivity index (χ2n) is 28.9. The molecule has 8 aromatic carbocycles. The first kappa shape index (κ1) is 84.7. The van der Waals surface area contributed by atoms with Gasteiger partial charge in [-0.1, -0.05) is 83.2 Å². The van der Waals surface area contributed by atoms with Gasteiger partial charge in [0.05, 0.1) is 86.7 Å². The number of hydrogen-bond donors (Lipinski definition) is 6. The van der Waals surface area contributed by atoms with E-state index in [0.29, 0.717) is 133 Å². The minimum absolute atomic E-state index is 0.130. The van der Waals surface area contributed by atoms with Crippen LogP contribution in [0.5, 0.6) is 46.0 Å². The Balaban J connectivity index is 0.000000135. The first-order valence-electron chi connectivity index (χ1n) is 39.3. The Hall–Kier alpha value is -13.5. The van der Waals surface area contributed by atoms with E-state index in [0.717, 1.165) is 50.6 Å². The Morgan fingerprint density at radius 1 is 0.437 bits per heavy atom. The third-order valence-corrected chi connectivity index (χ3v) is 24.9. The molecule has 126 heavy (non-hydrogen) atoms. The molecular weight excluding hydrogens is 1750 g/mol. The lowest BCUT2D eigenvalue weighted by atomic mass is 10.1. The molecule has 0 spiro atoms. The summed E-state index contributed by atoms with van der Waals surface area (Å²) in [5.74, 6) is 1.31. The van der Waals surface area contributed by atoms with Gasteiger partial charge in [0.25, 0.3) is 17.7 Å². The molecule has 2 saturated heterocycles. The highest BCUT2D eigenvalue weighted by Crippen LogP contribution is 2.51. The number of ether oxygens (including phenoxy) is 6. The van der Waals surface area contributed by atoms with Gasteiger partial charge in [0.1, 0.15) is 95.3 Å². The lowest BCUT2D eigenvalue weighted by molar-refractivity contribution is 0.102. The van der Waals surface area contributed by atoms with Gasteiger partial charge in [-0.25, -0.2) is 72.2 Å². The standard InChI is InChI=1S/C34H30ClFN6O5S.C32H26ClFN6O3S.C22H15ClFN5O4S/c1-45-27-17-21(8-10-26(27)46-15-14-41-12-3-2-4-13-41)39-32(43)30-29-28-31(37-19-38-33(28)48-30)42(34(44)40-29)22-9-11-25(24(35)18-22)47-23-7-5-6-20(36)16-23;33-24-16-22(11-12-25(24)43-23-6-4-5-20(34)15-23)40-29-26-27(38-32(40)42)28(44-31(26)36-18-35-29)30(41)37-21-9-7-19(8-10-21)17-39-13-2-1-3-14-39;1-32-14-6-3-10(7-15(14)33-2)19(30)28-21-17-16-18(25-9-26-20(16)34-21)29(22(31)27-17)11-4-5-13(24)12(23)8-11/h5-11,16-19H,2-4,12-15H2,1H3,(H,39,43)(H,40,44);4-12,15-16,18H,1-3,13-14,17H2,(H,37,41)(H,38,42);3-9H,1-2H3,(H,27,31)(H,28,30). The van der Waals surface area contributed by atoms with E-state index in [9.17, 15) is 41.9 Å². The van der Waals surface area contributed by atoms with Gasteiger partial charge in [0, 0.05) is 48.2 Å². The monoisotopic (exact) mass is 1820 g/mol. The fourth-order valence-corrected chi connectivity index (χ4v) is 18.4. The van der Waals surface area contributed by atoms with Gasteiger partial charge < -0.3 is 60.3 Å². The van der Waals surface area contributed by atoms with Crippen LogP contribution in [-0.2, 0) is 6.54 Å². The Bertz CT molecular complexity index is 6620. The molecule has 0 bridgehead atoms. The molecule has 0 radical (unpaired) electrons. The van der Waals surface area contributed by atoms with E-state index < -0.39 is 47.4 Å². The number of halogens is 6. The van der Waals surface area contributed by atoms with E-state index in [1.165, 1.54) is 169 Å². The molecule has 11 heterocycles. The Kier molecular flexibility index (Phi) is 24.9. The van der Waals surface area contributed by atoms with Gasteiger partial charge in [-0.15, -0.1) is 22.7 Å².